The van der Waals surface area contributed by atoms with Crippen LogP contribution in [-0.4, -0.2) is 24.1 Å². The summed E-state index contributed by atoms with van der Waals surface area (Å²) in [5, 5.41) is 1.80. The molecule has 3 aromatic rings. The Morgan fingerprint density at radius 2 is 1.79 bits per heavy atom. The van der Waals surface area contributed by atoms with Crippen LogP contribution < -0.4 is 24.4 Å². The molecule has 2 aromatic carbocycles. The molecule has 1 aromatic heterocycles. The van der Waals surface area contributed by atoms with Crippen molar-refractivity contribution in [2.75, 3.05) is 13.6 Å². The zero-order chi connectivity index (χ0) is 22.4. The first-order valence-corrected chi connectivity index (χ1v) is 11.7. The highest BCUT2D eigenvalue weighted by molar-refractivity contribution is 5.94. The molecule has 33 heavy (non-hydrogen) atoms. The summed E-state index contributed by atoms with van der Waals surface area (Å²) in [6.45, 7) is 3.29. The number of carbonyl (C=O) groups excluding carboxylic acids is 1. The molecule has 0 atom stereocenters. The Bertz CT molecular complexity index is 1340. The molecule has 0 fully saturated rings. The van der Waals surface area contributed by atoms with E-state index in [1.165, 1.54) is 5.56 Å². The third-order valence-electron chi connectivity index (χ3n) is 6.59. The lowest BCUT2D eigenvalue weighted by molar-refractivity contribution is -0.118. The molecule has 0 bridgehead atoms. The number of carbonyl (C=O) groups is 1. The van der Waals surface area contributed by atoms with Crippen LogP contribution in [0.5, 0.6) is 23.0 Å². The molecule has 0 saturated carbocycles. The van der Waals surface area contributed by atoms with E-state index in [9.17, 15) is 4.79 Å². The third kappa shape index (κ3) is 3.43. The van der Waals surface area contributed by atoms with Gasteiger partial charge in [-0.2, -0.15) is 4.99 Å². The third-order valence-corrected chi connectivity index (χ3v) is 6.59. The standard InChI is InChI=1S/C26H26N2O5/c1-2-3-4-5-6-23(29)27-26-24-17(7-8-20-25(24)33-15-30-20)11-19-18-13-22-21(31-14-32-22)12-16(18)9-10-28(19)26/h7-8,11-13H,2-6,9-10,14-15H2,1H3. The molecule has 0 aliphatic carbocycles. The topological polar surface area (TPSA) is 71.3 Å². The fourth-order valence-corrected chi connectivity index (χ4v) is 4.92. The van der Waals surface area contributed by atoms with Crippen molar-refractivity contribution in [1.82, 2.24) is 4.57 Å². The molecule has 1 amide bonds. The van der Waals surface area contributed by atoms with E-state index in [1.807, 2.05) is 18.2 Å². The van der Waals surface area contributed by atoms with Crippen molar-refractivity contribution in [1.29, 1.82) is 0 Å². The molecule has 0 radical (unpaired) electrons. The fourth-order valence-electron chi connectivity index (χ4n) is 4.92. The lowest BCUT2D eigenvalue weighted by Crippen LogP contribution is -2.28. The first-order valence-electron chi connectivity index (χ1n) is 11.7. The maximum absolute atomic E-state index is 12.9. The van der Waals surface area contributed by atoms with Crippen LogP contribution in [0, 0.1) is 0 Å². The highest BCUT2D eigenvalue weighted by Gasteiger charge is 2.26. The number of rotatable bonds is 5. The van der Waals surface area contributed by atoms with Crippen LogP contribution >= 0.6 is 0 Å². The van der Waals surface area contributed by atoms with Gasteiger partial charge in [0.2, 0.25) is 19.5 Å². The van der Waals surface area contributed by atoms with Crippen molar-refractivity contribution in [2.24, 2.45) is 4.99 Å². The smallest absolute Gasteiger partial charge is 0.247 e. The summed E-state index contributed by atoms with van der Waals surface area (Å²) in [6.07, 6.45) is 5.45. The van der Waals surface area contributed by atoms with Gasteiger partial charge >= 0.3 is 0 Å². The van der Waals surface area contributed by atoms with Crippen LogP contribution in [0.1, 0.15) is 44.6 Å². The van der Waals surface area contributed by atoms with Gasteiger partial charge in [0, 0.05) is 18.5 Å². The van der Waals surface area contributed by atoms with Crippen molar-refractivity contribution >= 4 is 16.7 Å². The second kappa shape index (κ2) is 8.14. The van der Waals surface area contributed by atoms with Crippen molar-refractivity contribution in [3.8, 4) is 34.3 Å². The first-order chi connectivity index (χ1) is 16.2. The van der Waals surface area contributed by atoms with Crippen LogP contribution in [0.4, 0.5) is 0 Å². The molecule has 7 nitrogen and oxygen atoms in total. The number of benzene rings is 2. The van der Waals surface area contributed by atoms with Crippen LogP contribution in [0.3, 0.4) is 0 Å². The molecule has 0 spiro atoms. The Labute approximate surface area is 191 Å². The summed E-state index contributed by atoms with van der Waals surface area (Å²) in [6, 6.07) is 10.2. The highest BCUT2D eigenvalue weighted by atomic mass is 16.7. The highest BCUT2D eigenvalue weighted by Crippen LogP contribution is 2.43. The van der Waals surface area contributed by atoms with Gasteiger partial charge in [-0.1, -0.05) is 32.3 Å². The van der Waals surface area contributed by atoms with Crippen molar-refractivity contribution in [3.05, 3.63) is 41.4 Å². The van der Waals surface area contributed by atoms with E-state index in [4.69, 9.17) is 18.9 Å². The second-order valence-electron chi connectivity index (χ2n) is 8.70. The summed E-state index contributed by atoms with van der Waals surface area (Å²) in [5.41, 5.74) is 3.94. The quantitative estimate of drug-likeness (QED) is 0.531. The number of pyridine rings is 1. The molecule has 3 aliphatic heterocycles. The van der Waals surface area contributed by atoms with E-state index in [0.717, 1.165) is 65.6 Å². The molecule has 170 valence electrons. The number of fused-ring (bicyclic) bond motifs is 7. The molecule has 0 unspecified atom stereocenters. The Balaban J connectivity index is 1.54. The predicted octanol–water partition coefficient (Wildman–Crippen LogP) is 4.72. The molecular weight excluding hydrogens is 420 g/mol. The van der Waals surface area contributed by atoms with Crippen molar-refractivity contribution in [2.45, 2.75) is 52.0 Å². The summed E-state index contributed by atoms with van der Waals surface area (Å²) in [4.78, 5) is 17.6. The van der Waals surface area contributed by atoms with E-state index < -0.39 is 0 Å². The van der Waals surface area contributed by atoms with Crippen molar-refractivity contribution < 1.29 is 23.7 Å². The van der Waals surface area contributed by atoms with Gasteiger partial charge in [-0.25, -0.2) is 0 Å². The van der Waals surface area contributed by atoms with Gasteiger partial charge in [0.1, 0.15) is 5.49 Å². The minimum absolute atomic E-state index is 0.0960. The number of aromatic nitrogens is 1. The van der Waals surface area contributed by atoms with E-state index in [0.29, 0.717) is 30.0 Å². The SMILES string of the molecule is CCCCCCC(=O)N=c1c2c3c(ccc2cc2n1CCc1cc4c(cc1-2)OCO4)OCO3. The minimum Gasteiger partial charge on any atom is -0.454 e. The summed E-state index contributed by atoms with van der Waals surface area (Å²) < 4.78 is 24.8. The van der Waals surface area contributed by atoms with Gasteiger partial charge in [-0.05, 0) is 48.1 Å². The monoisotopic (exact) mass is 446 g/mol. The Hall–Kier alpha value is -3.48. The number of hydrogen-bond donors (Lipinski definition) is 0. The van der Waals surface area contributed by atoms with Crippen molar-refractivity contribution in [3.63, 3.8) is 0 Å². The molecule has 0 N–H and O–H groups in total. The van der Waals surface area contributed by atoms with Gasteiger partial charge in [0.25, 0.3) is 0 Å². The van der Waals surface area contributed by atoms with Crippen LogP contribution in [0.15, 0.2) is 35.3 Å². The molecule has 4 heterocycles. The first kappa shape index (κ1) is 20.1. The largest absolute Gasteiger partial charge is 0.454 e. The lowest BCUT2D eigenvalue weighted by atomic mass is 9.95. The molecule has 0 saturated heterocycles. The second-order valence-corrected chi connectivity index (χ2v) is 8.70. The van der Waals surface area contributed by atoms with E-state index >= 15 is 0 Å². The number of nitrogens with zero attached hydrogens (tertiary/aromatic N) is 2. The number of aryl methyl sites for hydroxylation is 1. The van der Waals surface area contributed by atoms with Gasteiger partial charge in [-0.3, -0.25) is 4.79 Å². The summed E-state index contributed by atoms with van der Waals surface area (Å²) in [7, 11) is 0. The molecule has 3 aliphatic rings. The van der Waals surface area contributed by atoms with E-state index in [1.54, 1.807) is 0 Å². The van der Waals surface area contributed by atoms with Gasteiger partial charge in [-0.15, -0.1) is 0 Å². The van der Waals surface area contributed by atoms with Crippen LogP contribution in [0.25, 0.3) is 22.0 Å². The lowest BCUT2D eigenvalue weighted by Gasteiger charge is -2.24. The molecule has 7 heteroatoms. The predicted molar refractivity (Wildman–Crippen MR) is 123 cm³/mol. The Morgan fingerprint density at radius 1 is 0.970 bits per heavy atom. The molecule has 6 rings (SSSR count). The maximum Gasteiger partial charge on any atom is 0.247 e. The average Bonchev–Trinajstić information content (AvgIpc) is 3.49. The zero-order valence-electron chi connectivity index (χ0n) is 18.7. The summed E-state index contributed by atoms with van der Waals surface area (Å²) >= 11 is 0. The fraction of sp³-hybridized carbons (Fsp3) is 0.385. The Morgan fingerprint density at radius 3 is 2.67 bits per heavy atom. The average molecular weight is 447 g/mol. The van der Waals surface area contributed by atoms with E-state index in [2.05, 4.69) is 28.6 Å². The number of amides is 1. The zero-order valence-corrected chi connectivity index (χ0v) is 18.7. The normalized spacial score (nSPS) is 15.6. The van der Waals surface area contributed by atoms with Crippen LogP contribution in [-0.2, 0) is 17.8 Å². The van der Waals surface area contributed by atoms with E-state index in [-0.39, 0.29) is 19.5 Å². The van der Waals surface area contributed by atoms with Gasteiger partial charge in [0.05, 0.1) is 11.1 Å². The molecular formula is C26H26N2O5. The number of hydrogen-bond acceptors (Lipinski definition) is 5. The number of ether oxygens (including phenoxy) is 4. The number of unbranched alkanes of at least 4 members (excludes halogenated alkanes) is 3. The van der Waals surface area contributed by atoms with Gasteiger partial charge < -0.3 is 23.5 Å². The minimum atomic E-state index is -0.0960. The maximum atomic E-state index is 12.9. The summed E-state index contributed by atoms with van der Waals surface area (Å²) in [5.74, 6) is 2.80. The van der Waals surface area contributed by atoms with Gasteiger partial charge in [0.15, 0.2) is 23.0 Å². The Kier molecular flexibility index (Phi) is 4.97. The van der Waals surface area contributed by atoms with Crippen LogP contribution in [0.2, 0.25) is 0 Å².